The fraction of sp³-hybridized carbons (Fsp3) is 1.00. The summed E-state index contributed by atoms with van der Waals surface area (Å²) in [5.74, 6) is 0. The molecule has 0 aromatic carbocycles. The minimum absolute atomic E-state index is 0.0570. The van der Waals surface area contributed by atoms with Gasteiger partial charge < -0.3 is 14.9 Å². The van der Waals surface area contributed by atoms with E-state index >= 15 is 0 Å². The molecular formula is C7H16O3. The predicted molar refractivity (Wildman–Crippen MR) is 38.5 cm³/mol. The molecule has 0 radical (unpaired) electrons. The summed E-state index contributed by atoms with van der Waals surface area (Å²) in [7, 11) is 1.42. The molecule has 0 aromatic heterocycles. The average molecular weight is 148 g/mol. The molecule has 2 unspecified atom stereocenters. The van der Waals surface area contributed by atoms with E-state index in [0.29, 0.717) is 6.42 Å². The third kappa shape index (κ3) is 1.94. The predicted octanol–water partition coefficient (Wildman–Crippen LogP) is 0.360. The van der Waals surface area contributed by atoms with E-state index in [1.807, 2.05) is 6.92 Å². The first-order valence-electron chi connectivity index (χ1n) is 3.42. The van der Waals surface area contributed by atoms with E-state index in [0.717, 1.165) is 0 Å². The SMILES string of the molecule is CCC(C)(CO)C(O)OC. The van der Waals surface area contributed by atoms with Crippen LogP contribution < -0.4 is 0 Å². The van der Waals surface area contributed by atoms with Gasteiger partial charge in [0.15, 0.2) is 6.29 Å². The summed E-state index contributed by atoms with van der Waals surface area (Å²) >= 11 is 0. The third-order valence-corrected chi connectivity index (χ3v) is 1.99. The van der Waals surface area contributed by atoms with Crippen molar-refractivity contribution in [3.8, 4) is 0 Å². The lowest BCUT2D eigenvalue weighted by Gasteiger charge is -2.29. The molecule has 0 bridgehead atoms. The van der Waals surface area contributed by atoms with Crippen molar-refractivity contribution in [3.05, 3.63) is 0 Å². The van der Waals surface area contributed by atoms with Crippen molar-refractivity contribution >= 4 is 0 Å². The van der Waals surface area contributed by atoms with E-state index in [9.17, 15) is 5.11 Å². The van der Waals surface area contributed by atoms with E-state index in [2.05, 4.69) is 0 Å². The average Bonchev–Trinajstić information content (AvgIpc) is 2.01. The highest BCUT2D eigenvalue weighted by molar-refractivity contribution is 4.73. The monoisotopic (exact) mass is 148 g/mol. The Labute approximate surface area is 61.6 Å². The van der Waals surface area contributed by atoms with Gasteiger partial charge in [0.05, 0.1) is 6.61 Å². The fourth-order valence-corrected chi connectivity index (χ4v) is 0.649. The molecular weight excluding hydrogens is 132 g/mol. The highest BCUT2D eigenvalue weighted by Crippen LogP contribution is 2.24. The quantitative estimate of drug-likeness (QED) is 0.566. The smallest absolute Gasteiger partial charge is 0.161 e. The number of aliphatic hydroxyl groups is 2. The maximum atomic E-state index is 9.19. The molecule has 0 fully saturated rings. The van der Waals surface area contributed by atoms with Crippen molar-refractivity contribution in [2.75, 3.05) is 13.7 Å². The Balaban J connectivity index is 4.02. The van der Waals surface area contributed by atoms with E-state index < -0.39 is 11.7 Å². The van der Waals surface area contributed by atoms with Gasteiger partial charge in [0, 0.05) is 12.5 Å². The van der Waals surface area contributed by atoms with Gasteiger partial charge in [-0.2, -0.15) is 0 Å². The molecule has 2 N–H and O–H groups in total. The Morgan fingerprint density at radius 2 is 2.10 bits per heavy atom. The first-order valence-corrected chi connectivity index (χ1v) is 3.42. The van der Waals surface area contributed by atoms with Crippen molar-refractivity contribution in [2.45, 2.75) is 26.6 Å². The van der Waals surface area contributed by atoms with Crippen molar-refractivity contribution < 1.29 is 14.9 Å². The number of methoxy groups -OCH3 is 1. The lowest BCUT2D eigenvalue weighted by atomic mass is 9.88. The molecule has 0 saturated carbocycles. The Kier molecular flexibility index (Phi) is 3.86. The molecule has 0 rings (SSSR count). The van der Waals surface area contributed by atoms with Gasteiger partial charge >= 0.3 is 0 Å². The summed E-state index contributed by atoms with van der Waals surface area (Å²) < 4.78 is 4.69. The van der Waals surface area contributed by atoms with E-state index in [4.69, 9.17) is 9.84 Å². The van der Waals surface area contributed by atoms with Gasteiger partial charge in [-0.25, -0.2) is 0 Å². The van der Waals surface area contributed by atoms with Crippen molar-refractivity contribution in [1.29, 1.82) is 0 Å². The van der Waals surface area contributed by atoms with Gasteiger partial charge in [0.25, 0.3) is 0 Å². The molecule has 0 amide bonds. The standard InChI is InChI=1S/C7H16O3/c1-4-7(2,5-8)6(9)10-3/h6,8-9H,4-5H2,1-3H3. The summed E-state index contributed by atoms with van der Waals surface area (Å²) in [4.78, 5) is 0. The molecule has 0 aliphatic rings. The van der Waals surface area contributed by atoms with E-state index in [1.54, 1.807) is 6.92 Å². The highest BCUT2D eigenvalue weighted by Gasteiger charge is 2.30. The van der Waals surface area contributed by atoms with Crippen LogP contribution in [0.25, 0.3) is 0 Å². The number of ether oxygens (including phenoxy) is 1. The summed E-state index contributed by atoms with van der Waals surface area (Å²) in [6.07, 6.45) is -0.180. The van der Waals surface area contributed by atoms with Crippen LogP contribution in [0.3, 0.4) is 0 Å². The van der Waals surface area contributed by atoms with Crippen LogP contribution in [0.15, 0.2) is 0 Å². The first-order chi connectivity index (χ1) is 4.60. The Bertz CT molecular complexity index is 88.9. The van der Waals surface area contributed by atoms with Crippen LogP contribution >= 0.6 is 0 Å². The van der Waals surface area contributed by atoms with Gasteiger partial charge in [-0.05, 0) is 6.42 Å². The number of hydrogen-bond acceptors (Lipinski definition) is 3. The summed E-state index contributed by atoms with van der Waals surface area (Å²) in [5.41, 5.74) is -0.519. The zero-order chi connectivity index (χ0) is 8.20. The molecule has 0 heterocycles. The zero-order valence-corrected chi connectivity index (χ0v) is 6.79. The van der Waals surface area contributed by atoms with Crippen LogP contribution in [0.4, 0.5) is 0 Å². The molecule has 62 valence electrons. The Hall–Kier alpha value is -0.120. The molecule has 3 heteroatoms. The normalized spacial score (nSPS) is 20.1. The van der Waals surface area contributed by atoms with Crippen molar-refractivity contribution in [1.82, 2.24) is 0 Å². The van der Waals surface area contributed by atoms with E-state index in [-0.39, 0.29) is 6.61 Å². The van der Waals surface area contributed by atoms with Gasteiger partial charge in [-0.3, -0.25) is 0 Å². The lowest BCUT2D eigenvalue weighted by Crippen LogP contribution is -2.36. The van der Waals surface area contributed by atoms with Crippen LogP contribution in [0.2, 0.25) is 0 Å². The highest BCUT2D eigenvalue weighted by atomic mass is 16.6. The molecule has 10 heavy (non-hydrogen) atoms. The third-order valence-electron chi connectivity index (χ3n) is 1.99. The minimum Gasteiger partial charge on any atom is -0.396 e. The maximum absolute atomic E-state index is 9.19. The van der Waals surface area contributed by atoms with Crippen LogP contribution in [-0.2, 0) is 4.74 Å². The second-order valence-corrected chi connectivity index (χ2v) is 2.75. The van der Waals surface area contributed by atoms with Crippen molar-refractivity contribution in [2.24, 2.45) is 5.41 Å². The van der Waals surface area contributed by atoms with Gasteiger partial charge in [-0.15, -0.1) is 0 Å². The number of hydrogen-bond donors (Lipinski definition) is 2. The fourth-order valence-electron chi connectivity index (χ4n) is 0.649. The maximum Gasteiger partial charge on any atom is 0.161 e. The number of aliphatic hydroxyl groups excluding tert-OH is 2. The first kappa shape index (κ1) is 9.88. The molecule has 3 nitrogen and oxygen atoms in total. The largest absolute Gasteiger partial charge is 0.396 e. The molecule has 2 atom stereocenters. The van der Waals surface area contributed by atoms with Crippen LogP contribution in [0, 0.1) is 5.41 Å². The van der Waals surface area contributed by atoms with Gasteiger partial charge in [0.1, 0.15) is 0 Å². The summed E-state index contributed by atoms with van der Waals surface area (Å²) in [5, 5.41) is 18.0. The number of rotatable bonds is 4. The topological polar surface area (TPSA) is 49.7 Å². The van der Waals surface area contributed by atoms with Gasteiger partial charge in [0.2, 0.25) is 0 Å². The summed E-state index contributed by atoms with van der Waals surface area (Å²) in [6.45, 7) is 3.62. The molecule has 0 aliphatic carbocycles. The Morgan fingerprint density at radius 3 is 2.20 bits per heavy atom. The zero-order valence-electron chi connectivity index (χ0n) is 6.79. The van der Waals surface area contributed by atoms with Crippen molar-refractivity contribution in [3.63, 3.8) is 0 Å². The van der Waals surface area contributed by atoms with Gasteiger partial charge in [-0.1, -0.05) is 13.8 Å². The molecule has 0 aromatic rings. The van der Waals surface area contributed by atoms with Crippen LogP contribution in [-0.4, -0.2) is 30.2 Å². The molecule has 0 saturated heterocycles. The minimum atomic E-state index is -0.873. The Morgan fingerprint density at radius 1 is 1.60 bits per heavy atom. The molecule has 0 spiro atoms. The van der Waals surface area contributed by atoms with Crippen LogP contribution in [0.1, 0.15) is 20.3 Å². The van der Waals surface area contributed by atoms with E-state index in [1.165, 1.54) is 7.11 Å². The molecule has 0 aliphatic heterocycles. The lowest BCUT2D eigenvalue weighted by molar-refractivity contribution is -0.166. The second-order valence-electron chi connectivity index (χ2n) is 2.75. The van der Waals surface area contributed by atoms with Crippen LogP contribution in [0.5, 0.6) is 0 Å². The second kappa shape index (κ2) is 3.91. The summed E-state index contributed by atoms with van der Waals surface area (Å²) in [6, 6.07) is 0.